The number of carbonyl (C=O) groups excluding carboxylic acids is 1. The van der Waals surface area contributed by atoms with Crippen LogP contribution in [0.4, 0.5) is 4.39 Å². The monoisotopic (exact) mass is 368 g/mol. The van der Waals surface area contributed by atoms with Gasteiger partial charge in [-0.2, -0.15) is 5.10 Å². The second-order valence-electron chi connectivity index (χ2n) is 5.63. The minimum Gasteiger partial charge on any atom is -0.364 e. The van der Waals surface area contributed by atoms with E-state index in [-0.39, 0.29) is 11.6 Å². The zero-order valence-electron chi connectivity index (χ0n) is 14.3. The molecule has 0 fully saturated rings. The number of nitrogens with one attached hydrogen (secondary N) is 2. The van der Waals surface area contributed by atoms with Crippen LogP contribution in [0.25, 0.3) is 5.52 Å². The van der Waals surface area contributed by atoms with Crippen molar-refractivity contribution in [2.24, 2.45) is 5.10 Å². The predicted octanol–water partition coefficient (Wildman–Crippen LogP) is 3.05. The lowest BCUT2D eigenvalue weighted by molar-refractivity contribution is 0.103. The zero-order valence-corrected chi connectivity index (χ0v) is 15.1. The van der Waals surface area contributed by atoms with Crippen molar-refractivity contribution < 1.29 is 9.18 Å². The topological polar surface area (TPSA) is 57.9 Å². The van der Waals surface area contributed by atoms with Crippen LogP contribution in [0.5, 0.6) is 0 Å². The van der Waals surface area contributed by atoms with Crippen molar-refractivity contribution in [2.45, 2.75) is 6.92 Å². The third kappa shape index (κ3) is 3.34. The van der Waals surface area contributed by atoms with Crippen molar-refractivity contribution in [2.75, 3.05) is 7.05 Å². The first-order chi connectivity index (χ1) is 12.5. The van der Waals surface area contributed by atoms with Crippen molar-refractivity contribution in [3.8, 4) is 0 Å². The first kappa shape index (κ1) is 17.8. The summed E-state index contributed by atoms with van der Waals surface area (Å²) in [6.07, 6.45) is 3.46. The lowest BCUT2D eigenvalue weighted by Gasteiger charge is -2.04. The third-order valence-electron chi connectivity index (χ3n) is 4.04. The Kier molecular flexibility index (Phi) is 5.09. The lowest BCUT2D eigenvalue weighted by atomic mass is 10.0. The molecule has 0 atom stereocenters. The molecular formula is C19H17FN4OS. The summed E-state index contributed by atoms with van der Waals surface area (Å²) < 4.78 is 15.0. The Morgan fingerprint density at radius 1 is 1.23 bits per heavy atom. The molecule has 3 aromatic rings. The molecule has 0 saturated carbocycles. The zero-order chi connectivity index (χ0) is 18.7. The number of fused-ring (bicyclic) bond motifs is 1. The van der Waals surface area contributed by atoms with Gasteiger partial charge in [0.25, 0.3) is 0 Å². The summed E-state index contributed by atoms with van der Waals surface area (Å²) in [7, 11) is 1.70. The summed E-state index contributed by atoms with van der Waals surface area (Å²) in [5.41, 5.74) is 6.08. The Morgan fingerprint density at radius 2 is 1.96 bits per heavy atom. The van der Waals surface area contributed by atoms with Crippen molar-refractivity contribution in [1.82, 2.24) is 15.1 Å². The molecule has 3 rings (SSSR count). The van der Waals surface area contributed by atoms with Gasteiger partial charge >= 0.3 is 0 Å². The van der Waals surface area contributed by atoms with E-state index < -0.39 is 0 Å². The van der Waals surface area contributed by atoms with Gasteiger partial charge in [-0.05, 0) is 61.1 Å². The lowest BCUT2D eigenvalue weighted by Crippen LogP contribution is -2.28. The molecule has 2 heterocycles. The van der Waals surface area contributed by atoms with Gasteiger partial charge in [0.05, 0.1) is 17.4 Å². The number of rotatable bonds is 4. The van der Waals surface area contributed by atoms with Crippen LogP contribution in [0.15, 0.2) is 53.8 Å². The second kappa shape index (κ2) is 7.45. The van der Waals surface area contributed by atoms with E-state index in [1.165, 1.54) is 24.3 Å². The molecule has 5 nitrogen and oxygen atoms in total. The first-order valence-corrected chi connectivity index (χ1v) is 8.34. The summed E-state index contributed by atoms with van der Waals surface area (Å²) in [5, 5.41) is 7.29. The predicted molar refractivity (Wildman–Crippen MR) is 104 cm³/mol. The number of ketones is 1. The van der Waals surface area contributed by atoms with Gasteiger partial charge < -0.3 is 9.72 Å². The maximum absolute atomic E-state index is 13.2. The molecule has 0 unspecified atom stereocenters. The Bertz CT molecular complexity index is 1010. The van der Waals surface area contributed by atoms with Crippen LogP contribution in [0.1, 0.15) is 27.2 Å². The van der Waals surface area contributed by atoms with E-state index in [1.54, 1.807) is 13.3 Å². The third-order valence-corrected chi connectivity index (χ3v) is 4.34. The SMILES string of the molecule is CNC(=S)N/N=C\c1c(C)c(C(=O)c2ccc(F)cc2)n2ccccc12. The number of carbonyl (C=O) groups is 1. The molecule has 7 heteroatoms. The molecule has 0 radical (unpaired) electrons. The molecule has 0 saturated heterocycles. The highest BCUT2D eigenvalue weighted by atomic mass is 32.1. The molecule has 2 N–H and O–H groups in total. The summed E-state index contributed by atoms with van der Waals surface area (Å²) in [5.74, 6) is -0.556. The van der Waals surface area contributed by atoms with Crippen LogP contribution >= 0.6 is 12.2 Å². The largest absolute Gasteiger partial charge is 0.364 e. The molecule has 0 amide bonds. The van der Waals surface area contributed by atoms with E-state index in [0.717, 1.165) is 16.6 Å². The molecule has 0 aliphatic carbocycles. The average molecular weight is 368 g/mol. The number of thiocarbonyl (C=S) groups is 1. The number of nitrogens with zero attached hydrogens (tertiary/aromatic N) is 2. The van der Waals surface area contributed by atoms with E-state index >= 15 is 0 Å². The standard InChI is InChI=1S/C19H17FN4OS/c1-12-15(11-22-23-19(26)21-2)16-5-3-4-10-24(16)17(12)18(25)13-6-8-14(20)9-7-13/h3-11H,1-2H3,(H2,21,23,26)/b22-11-. The van der Waals surface area contributed by atoms with E-state index in [0.29, 0.717) is 16.4 Å². The second-order valence-corrected chi connectivity index (χ2v) is 6.04. The normalized spacial score (nSPS) is 11.0. The van der Waals surface area contributed by atoms with E-state index in [9.17, 15) is 9.18 Å². The highest BCUT2D eigenvalue weighted by molar-refractivity contribution is 7.80. The molecule has 132 valence electrons. The molecule has 0 spiro atoms. The van der Waals surface area contributed by atoms with Gasteiger partial charge in [0, 0.05) is 24.4 Å². The van der Waals surface area contributed by atoms with Gasteiger partial charge in [0.1, 0.15) is 5.82 Å². The van der Waals surface area contributed by atoms with Crippen molar-refractivity contribution in [3.05, 3.63) is 76.9 Å². The maximum atomic E-state index is 13.2. The number of aromatic nitrogens is 1. The molecule has 0 aliphatic heterocycles. The fraction of sp³-hybridized carbons (Fsp3) is 0.105. The van der Waals surface area contributed by atoms with E-state index in [2.05, 4.69) is 15.8 Å². The first-order valence-electron chi connectivity index (χ1n) is 7.93. The Balaban J connectivity index is 2.09. The van der Waals surface area contributed by atoms with Gasteiger partial charge in [-0.3, -0.25) is 10.2 Å². The highest BCUT2D eigenvalue weighted by Gasteiger charge is 2.20. The summed E-state index contributed by atoms with van der Waals surface area (Å²) in [6, 6.07) is 11.2. The van der Waals surface area contributed by atoms with Crippen molar-refractivity contribution in [3.63, 3.8) is 0 Å². The summed E-state index contributed by atoms with van der Waals surface area (Å²) in [6.45, 7) is 1.86. The number of hydrogen-bond donors (Lipinski definition) is 2. The molecular weight excluding hydrogens is 351 g/mol. The number of hydrazone groups is 1. The van der Waals surface area contributed by atoms with Crippen LogP contribution in [-0.4, -0.2) is 28.6 Å². The van der Waals surface area contributed by atoms with Crippen LogP contribution in [-0.2, 0) is 0 Å². The minimum atomic E-state index is -0.377. The van der Waals surface area contributed by atoms with Gasteiger partial charge in [0.15, 0.2) is 5.11 Å². The van der Waals surface area contributed by atoms with Gasteiger partial charge in [-0.15, -0.1) is 0 Å². The van der Waals surface area contributed by atoms with Crippen LogP contribution in [0.2, 0.25) is 0 Å². The maximum Gasteiger partial charge on any atom is 0.210 e. The smallest absolute Gasteiger partial charge is 0.210 e. The highest BCUT2D eigenvalue weighted by Crippen LogP contribution is 2.24. The van der Waals surface area contributed by atoms with E-state index in [1.807, 2.05) is 35.7 Å². The minimum absolute atomic E-state index is 0.179. The Labute approximate surface area is 155 Å². The van der Waals surface area contributed by atoms with Gasteiger partial charge in [0.2, 0.25) is 5.78 Å². The number of benzene rings is 1. The quantitative estimate of drug-likeness (QED) is 0.322. The Hall–Kier alpha value is -3.06. The van der Waals surface area contributed by atoms with Crippen molar-refractivity contribution in [1.29, 1.82) is 0 Å². The number of pyridine rings is 1. The average Bonchev–Trinajstić information content (AvgIpc) is 2.93. The Morgan fingerprint density at radius 3 is 2.65 bits per heavy atom. The summed E-state index contributed by atoms with van der Waals surface area (Å²) >= 11 is 4.99. The van der Waals surface area contributed by atoms with E-state index in [4.69, 9.17) is 12.2 Å². The number of hydrogen-bond acceptors (Lipinski definition) is 3. The number of halogens is 1. The summed E-state index contributed by atoms with van der Waals surface area (Å²) in [4.78, 5) is 13.0. The van der Waals surface area contributed by atoms with Gasteiger partial charge in [-0.25, -0.2) is 4.39 Å². The van der Waals surface area contributed by atoms with Crippen LogP contribution in [0.3, 0.4) is 0 Å². The fourth-order valence-electron chi connectivity index (χ4n) is 2.75. The molecule has 26 heavy (non-hydrogen) atoms. The fourth-order valence-corrected chi connectivity index (χ4v) is 2.80. The molecule has 1 aromatic carbocycles. The molecule has 0 aliphatic rings. The van der Waals surface area contributed by atoms with Gasteiger partial charge in [-0.1, -0.05) is 6.07 Å². The molecule has 2 aromatic heterocycles. The van der Waals surface area contributed by atoms with Crippen LogP contribution in [0, 0.1) is 12.7 Å². The van der Waals surface area contributed by atoms with Crippen molar-refractivity contribution >= 4 is 34.8 Å². The van der Waals surface area contributed by atoms with Crippen LogP contribution < -0.4 is 10.7 Å². The molecule has 0 bridgehead atoms.